The van der Waals surface area contributed by atoms with E-state index < -0.39 is 0 Å². The fourth-order valence-electron chi connectivity index (χ4n) is 2.06. The van der Waals surface area contributed by atoms with Gasteiger partial charge in [-0.3, -0.25) is 5.41 Å². The van der Waals surface area contributed by atoms with Crippen LogP contribution in [-0.4, -0.2) is 31.6 Å². The predicted octanol–water partition coefficient (Wildman–Crippen LogP) is 1.85. The monoisotopic (exact) mass is 253 g/mol. The lowest BCUT2D eigenvalue weighted by Crippen LogP contribution is -2.44. The molecular weight excluding hydrogens is 238 g/mol. The number of hydrogen-bond acceptors (Lipinski definition) is 3. The quantitative estimate of drug-likeness (QED) is 0.625. The van der Waals surface area contributed by atoms with Gasteiger partial charge in [0.2, 0.25) is 0 Å². The van der Waals surface area contributed by atoms with Gasteiger partial charge in [0.1, 0.15) is 5.84 Å². The van der Waals surface area contributed by atoms with Gasteiger partial charge in [-0.1, -0.05) is 11.6 Å². The lowest BCUT2D eigenvalue weighted by Gasteiger charge is -2.36. The Morgan fingerprint density at radius 3 is 3.00 bits per heavy atom. The molecule has 0 radical (unpaired) electrons. The van der Waals surface area contributed by atoms with Crippen molar-refractivity contribution in [2.45, 2.75) is 13.0 Å². The highest BCUT2D eigenvalue weighted by atomic mass is 35.5. The second kappa shape index (κ2) is 4.94. The number of nitrogens with one attached hydrogen (secondary N) is 1. The second-order valence-corrected chi connectivity index (χ2v) is 4.63. The van der Waals surface area contributed by atoms with Gasteiger partial charge in [0, 0.05) is 28.9 Å². The first-order chi connectivity index (χ1) is 8.09. The summed E-state index contributed by atoms with van der Waals surface area (Å²) in [6.07, 6.45) is 0. The van der Waals surface area contributed by atoms with Gasteiger partial charge >= 0.3 is 0 Å². The fraction of sp³-hybridized carbons (Fsp3) is 0.417. The Kier molecular flexibility index (Phi) is 3.54. The highest BCUT2D eigenvalue weighted by molar-refractivity contribution is 6.31. The lowest BCUT2D eigenvalue weighted by molar-refractivity contribution is 0.0989. The average Bonchev–Trinajstić information content (AvgIpc) is 2.29. The molecule has 2 rings (SSSR count). The van der Waals surface area contributed by atoms with Crippen LogP contribution < -0.4 is 10.6 Å². The smallest absolute Gasteiger partial charge is 0.124 e. The molecule has 92 valence electrons. The Hall–Kier alpha value is -1.26. The van der Waals surface area contributed by atoms with Crippen molar-refractivity contribution in [3.63, 3.8) is 0 Å². The van der Waals surface area contributed by atoms with Crippen LogP contribution >= 0.6 is 11.6 Å². The number of halogens is 1. The van der Waals surface area contributed by atoms with Gasteiger partial charge in [-0.2, -0.15) is 0 Å². The molecule has 0 aromatic heterocycles. The number of ether oxygens (including phenoxy) is 1. The van der Waals surface area contributed by atoms with Crippen LogP contribution in [-0.2, 0) is 4.74 Å². The Balaban J connectivity index is 2.41. The molecule has 0 saturated carbocycles. The predicted molar refractivity (Wildman–Crippen MR) is 70.1 cm³/mol. The van der Waals surface area contributed by atoms with Gasteiger partial charge in [-0.05, 0) is 25.1 Å². The van der Waals surface area contributed by atoms with Crippen LogP contribution in [0.3, 0.4) is 0 Å². The van der Waals surface area contributed by atoms with Crippen molar-refractivity contribution in [2.24, 2.45) is 5.73 Å². The topological polar surface area (TPSA) is 62.3 Å². The van der Waals surface area contributed by atoms with Gasteiger partial charge in [-0.15, -0.1) is 0 Å². The Bertz CT molecular complexity index is 436. The highest BCUT2D eigenvalue weighted by Crippen LogP contribution is 2.27. The van der Waals surface area contributed by atoms with Crippen LogP contribution in [0.2, 0.25) is 5.02 Å². The third-order valence-electron chi connectivity index (χ3n) is 2.93. The largest absolute Gasteiger partial charge is 0.384 e. The molecular formula is C12H16ClN3O. The van der Waals surface area contributed by atoms with Crippen LogP contribution in [0.4, 0.5) is 5.69 Å². The van der Waals surface area contributed by atoms with Crippen LogP contribution in [0.25, 0.3) is 0 Å². The first-order valence-corrected chi connectivity index (χ1v) is 5.95. The number of nitrogens with zero attached hydrogens (tertiary/aromatic N) is 1. The number of nitrogens with two attached hydrogens (primary N) is 1. The summed E-state index contributed by atoms with van der Waals surface area (Å²) in [4.78, 5) is 2.19. The third-order valence-corrected chi connectivity index (χ3v) is 3.16. The van der Waals surface area contributed by atoms with Gasteiger partial charge < -0.3 is 15.4 Å². The van der Waals surface area contributed by atoms with E-state index >= 15 is 0 Å². The maximum Gasteiger partial charge on any atom is 0.124 e. The van der Waals surface area contributed by atoms with Crippen LogP contribution in [0, 0.1) is 5.41 Å². The molecule has 1 aliphatic rings. The number of amidine groups is 1. The molecule has 0 bridgehead atoms. The fourth-order valence-corrected chi connectivity index (χ4v) is 2.22. The molecule has 3 N–H and O–H groups in total. The molecule has 1 aromatic rings. The summed E-state index contributed by atoms with van der Waals surface area (Å²) >= 11 is 6.02. The first kappa shape index (κ1) is 12.2. The van der Waals surface area contributed by atoms with Crippen molar-refractivity contribution in [1.82, 2.24) is 0 Å². The molecule has 1 aliphatic heterocycles. The molecule has 1 fully saturated rings. The number of benzene rings is 1. The number of rotatable bonds is 2. The number of nitrogen functional groups attached to an aromatic ring is 1. The van der Waals surface area contributed by atoms with E-state index in [1.165, 1.54) is 0 Å². The molecule has 0 amide bonds. The summed E-state index contributed by atoms with van der Waals surface area (Å²) in [5, 5.41) is 8.26. The zero-order valence-electron chi connectivity index (χ0n) is 9.74. The first-order valence-electron chi connectivity index (χ1n) is 5.58. The molecule has 1 atom stereocenters. The van der Waals surface area contributed by atoms with Crippen molar-refractivity contribution in [3.8, 4) is 0 Å². The summed E-state index contributed by atoms with van der Waals surface area (Å²) in [6.45, 7) is 4.25. The maximum atomic E-state index is 7.61. The highest BCUT2D eigenvalue weighted by Gasteiger charge is 2.22. The van der Waals surface area contributed by atoms with Gasteiger partial charge in [-0.25, -0.2) is 0 Å². The van der Waals surface area contributed by atoms with Gasteiger partial charge in [0.25, 0.3) is 0 Å². The second-order valence-electron chi connectivity index (χ2n) is 4.19. The van der Waals surface area contributed by atoms with Gasteiger partial charge in [0.05, 0.1) is 13.2 Å². The van der Waals surface area contributed by atoms with Gasteiger partial charge in [0.15, 0.2) is 0 Å². The van der Waals surface area contributed by atoms with E-state index in [0.717, 1.165) is 17.8 Å². The molecule has 4 nitrogen and oxygen atoms in total. The summed E-state index contributed by atoms with van der Waals surface area (Å²) in [5.41, 5.74) is 7.24. The summed E-state index contributed by atoms with van der Waals surface area (Å²) in [5.74, 6) is 0.0651. The average molecular weight is 254 g/mol. The molecule has 0 spiro atoms. The van der Waals surface area contributed by atoms with E-state index in [9.17, 15) is 0 Å². The van der Waals surface area contributed by atoms with Crippen LogP contribution in [0.1, 0.15) is 12.5 Å². The number of anilines is 1. The van der Waals surface area contributed by atoms with Crippen molar-refractivity contribution < 1.29 is 4.74 Å². The zero-order chi connectivity index (χ0) is 12.4. The molecule has 1 unspecified atom stereocenters. The minimum atomic E-state index is 0.0651. The normalized spacial score (nSPS) is 20.4. The standard InChI is InChI=1S/C12H16ClN3O/c1-8-7-17-5-4-16(8)11-6-9(13)2-3-10(11)12(14)15/h2-3,6,8H,4-5,7H2,1H3,(H3,14,15). The summed E-state index contributed by atoms with van der Waals surface area (Å²) in [6, 6.07) is 5.68. The van der Waals surface area contributed by atoms with Crippen molar-refractivity contribution in [3.05, 3.63) is 28.8 Å². The Morgan fingerprint density at radius 1 is 1.59 bits per heavy atom. The number of hydrogen-bond donors (Lipinski definition) is 2. The van der Waals surface area contributed by atoms with E-state index in [-0.39, 0.29) is 11.9 Å². The molecule has 17 heavy (non-hydrogen) atoms. The molecule has 0 aliphatic carbocycles. The van der Waals surface area contributed by atoms with E-state index in [2.05, 4.69) is 11.8 Å². The van der Waals surface area contributed by atoms with E-state index in [4.69, 9.17) is 27.5 Å². The number of morpholine rings is 1. The third kappa shape index (κ3) is 2.53. The van der Waals surface area contributed by atoms with Crippen LogP contribution in [0.5, 0.6) is 0 Å². The molecule has 1 aromatic carbocycles. The SMILES string of the molecule is CC1COCCN1c1cc(Cl)ccc1C(=N)N. The van der Waals surface area contributed by atoms with Crippen LogP contribution in [0.15, 0.2) is 18.2 Å². The molecule has 1 saturated heterocycles. The van der Waals surface area contributed by atoms with E-state index in [1.54, 1.807) is 12.1 Å². The Morgan fingerprint density at radius 2 is 2.35 bits per heavy atom. The summed E-state index contributed by atoms with van der Waals surface area (Å²) < 4.78 is 5.40. The van der Waals surface area contributed by atoms with E-state index in [1.807, 2.05) is 6.07 Å². The van der Waals surface area contributed by atoms with E-state index in [0.29, 0.717) is 18.2 Å². The van der Waals surface area contributed by atoms with Crippen molar-refractivity contribution in [1.29, 1.82) is 5.41 Å². The minimum Gasteiger partial charge on any atom is -0.384 e. The maximum absolute atomic E-state index is 7.61. The molecule has 1 heterocycles. The van der Waals surface area contributed by atoms with Crippen molar-refractivity contribution >= 4 is 23.1 Å². The zero-order valence-corrected chi connectivity index (χ0v) is 10.5. The molecule has 5 heteroatoms. The Labute approximate surface area is 106 Å². The minimum absolute atomic E-state index is 0.0651. The van der Waals surface area contributed by atoms with Crippen molar-refractivity contribution in [2.75, 3.05) is 24.7 Å². The lowest BCUT2D eigenvalue weighted by atomic mass is 10.1. The summed E-state index contributed by atoms with van der Waals surface area (Å²) in [7, 11) is 0.